The van der Waals surface area contributed by atoms with Crippen molar-refractivity contribution in [3.05, 3.63) is 17.0 Å². The first kappa shape index (κ1) is 12.0. The first-order valence-corrected chi connectivity index (χ1v) is 7.62. The van der Waals surface area contributed by atoms with E-state index < -0.39 is 10.0 Å². The molecule has 3 N–H and O–H groups in total. The second-order valence-electron chi connectivity index (χ2n) is 4.32. The van der Waals surface area contributed by atoms with Crippen LogP contribution in [-0.4, -0.2) is 14.5 Å². The summed E-state index contributed by atoms with van der Waals surface area (Å²) in [4.78, 5) is 0.891. The van der Waals surface area contributed by atoms with Crippen LogP contribution in [-0.2, 0) is 16.6 Å². The minimum atomic E-state index is -3.32. The van der Waals surface area contributed by atoms with Crippen LogP contribution < -0.4 is 10.5 Å². The van der Waals surface area contributed by atoms with Crippen molar-refractivity contribution in [2.75, 3.05) is 0 Å². The third-order valence-electron chi connectivity index (χ3n) is 2.80. The average Bonchev–Trinajstić information content (AvgIpc) is 2.63. The maximum atomic E-state index is 11.9. The van der Waals surface area contributed by atoms with Crippen molar-refractivity contribution in [2.45, 2.75) is 36.6 Å². The predicted octanol–water partition coefficient (Wildman–Crippen LogP) is 1.28. The lowest BCUT2D eigenvalue weighted by atomic mass is 9.83. The van der Waals surface area contributed by atoms with Crippen LogP contribution in [0.3, 0.4) is 0 Å². The molecule has 90 valence electrons. The van der Waals surface area contributed by atoms with Crippen LogP contribution in [0.25, 0.3) is 0 Å². The lowest BCUT2D eigenvalue weighted by Crippen LogP contribution is -2.43. The van der Waals surface area contributed by atoms with Crippen LogP contribution in [0.15, 0.2) is 16.3 Å². The molecule has 0 aliphatic heterocycles. The highest BCUT2D eigenvalue weighted by Gasteiger charge is 2.30. The molecule has 16 heavy (non-hydrogen) atoms. The number of sulfonamides is 1. The van der Waals surface area contributed by atoms with E-state index in [9.17, 15) is 8.42 Å². The molecule has 1 saturated carbocycles. The summed E-state index contributed by atoms with van der Waals surface area (Å²) in [7, 11) is -3.32. The zero-order chi connectivity index (χ0) is 11.8. The summed E-state index contributed by atoms with van der Waals surface area (Å²) in [5.74, 6) is 0.635. The second-order valence-corrected chi connectivity index (χ2v) is 7.43. The highest BCUT2D eigenvalue weighted by molar-refractivity contribution is 7.91. The third-order valence-corrected chi connectivity index (χ3v) is 5.92. The van der Waals surface area contributed by atoms with Gasteiger partial charge in [-0.15, -0.1) is 11.3 Å². The third kappa shape index (κ3) is 2.45. The van der Waals surface area contributed by atoms with Crippen molar-refractivity contribution < 1.29 is 8.42 Å². The van der Waals surface area contributed by atoms with Crippen molar-refractivity contribution in [3.8, 4) is 0 Å². The molecule has 1 aromatic rings. The number of rotatable bonds is 4. The number of nitrogens with one attached hydrogen (secondary N) is 1. The second kappa shape index (κ2) is 4.44. The van der Waals surface area contributed by atoms with E-state index in [1.165, 1.54) is 11.3 Å². The zero-order valence-corrected chi connectivity index (χ0v) is 10.8. The summed E-state index contributed by atoms with van der Waals surface area (Å²) in [5.41, 5.74) is 5.46. The molecule has 0 bridgehead atoms. The van der Waals surface area contributed by atoms with Crippen molar-refractivity contribution >= 4 is 21.4 Å². The molecule has 1 fully saturated rings. The number of thiophene rings is 1. The highest BCUT2D eigenvalue weighted by atomic mass is 32.2. The van der Waals surface area contributed by atoms with Gasteiger partial charge in [0, 0.05) is 17.5 Å². The Hall–Kier alpha value is -0.430. The van der Waals surface area contributed by atoms with Crippen LogP contribution in [0.5, 0.6) is 0 Å². The largest absolute Gasteiger partial charge is 0.326 e. The van der Waals surface area contributed by atoms with Crippen molar-refractivity contribution in [1.82, 2.24) is 4.72 Å². The Labute approximate surface area is 99.9 Å². The minimum absolute atomic E-state index is 0.114. The Morgan fingerprint density at radius 2 is 2.19 bits per heavy atom. The number of hydrogen-bond acceptors (Lipinski definition) is 4. The topological polar surface area (TPSA) is 72.2 Å². The van der Waals surface area contributed by atoms with Gasteiger partial charge >= 0.3 is 0 Å². The van der Waals surface area contributed by atoms with Crippen LogP contribution in [0, 0.1) is 5.92 Å². The molecule has 0 unspecified atom stereocenters. The van der Waals surface area contributed by atoms with E-state index in [4.69, 9.17) is 5.73 Å². The van der Waals surface area contributed by atoms with E-state index >= 15 is 0 Å². The van der Waals surface area contributed by atoms with Gasteiger partial charge in [-0.3, -0.25) is 0 Å². The fourth-order valence-corrected chi connectivity index (χ4v) is 4.40. The van der Waals surface area contributed by atoms with Crippen LogP contribution >= 0.6 is 11.3 Å². The molecule has 0 aromatic carbocycles. The molecule has 0 saturated heterocycles. The summed E-state index contributed by atoms with van der Waals surface area (Å²) < 4.78 is 26.9. The molecule has 1 heterocycles. The van der Waals surface area contributed by atoms with E-state index in [0.29, 0.717) is 16.7 Å². The normalized spacial score (nSPS) is 25.4. The van der Waals surface area contributed by atoms with Gasteiger partial charge in [0.2, 0.25) is 10.0 Å². The lowest BCUT2D eigenvalue weighted by Gasteiger charge is -2.32. The summed E-state index contributed by atoms with van der Waals surface area (Å²) in [6.07, 6.45) is 1.88. The predicted molar refractivity (Wildman–Crippen MR) is 64.7 cm³/mol. The molecule has 1 aliphatic carbocycles. The molecule has 1 aliphatic rings. The SMILES string of the molecule is CC1CC(NS(=O)(=O)c2ccc(CN)s2)C1. The molecule has 4 nitrogen and oxygen atoms in total. The molecular formula is C10H16N2O2S2. The molecule has 0 amide bonds. The van der Waals surface area contributed by atoms with Gasteiger partial charge in [-0.05, 0) is 30.9 Å². The van der Waals surface area contributed by atoms with Crippen molar-refractivity contribution in [3.63, 3.8) is 0 Å². The van der Waals surface area contributed by atoms with E-state index in [0.717, 1.165) is 17.7 Å². The molecule has 6 heteroatoms. The Morgan fingerprint density at radius 1 is 1.50 bits per heavy atom. The Kier molecular flexibility index (Phi) is 3.34. The van der Waals surface area contributed by atoms with Gasteiger partial charge in [0.05, 0.1) is 0 Å². The minimum Gasteiger partial charge on any atom is -0.326 e. The fourth-order valence-electron chi connectivity index (χ4n) is 1.89. The summed E-state index contributed by atoms with van der Waals surface area (Å²) in [6.45, 7) is 2.52. The maximum absolute atomic E-state index is 11.9. The molecular weight excluding hydrogens is 244 g/mol. The standard InChI is InChI=1S/C10H16N2O2S2/c1-7-4-8(5-7)12-16(13,14)10-3-2-9(6-11)15-10/h2-3,7-8,12H,4-6,11H2,1H3. The highest BCUT2D eigenvalue weighted by Crippen LogP contribution is 2.29. The van der Waals surface area contributed by atoms with E-state index in [2.05, 4.69) is 11.6 Å². The summed E-state index contributed by atoms with van der Waals surface area (Å²) in [6, 6.07) is 3.50. The average molecular weight is 260 g/mol. The van der Waals surface area contributed by atoms with Crippen LogP contribution in [0.4, 0.5) is 0 Å². The fraction of sp³-hybridized carbons (Fsp3) is 0.600. The van der Waals surface area contributed by atoms with Gasteiger partial charge in [0.25, 0.3) is 0 Å². The van der Waals surface area contributed by atoms with Crippen molar-refractivity contribution in [1.29, 1.82) is 0 Å². The van der Waals surface area contributed by atoms with Gasteiger partial charge < -0.3 is 5.73 Å². The lowest BCUT2D eigenvalue weighted by molar-refractivity contribution is 0.270. The number of nitrogens with two attached hydrogens (primary N) is 1. The van der Waals surface area contributed by atoms with Gasteiger partial charge in [0.1, 0.15) is 4.21 Å². The van der Waals surface area contributed by atoms with E-state index in [-0.39, 0.29) is 6.04 Å². The van der Waals surface area contributed by atoms with Crippen LogP contribution in [0.1, 0.15) is 24.6 Å². The zero-order valence-electron chi connectivity index (χ0n) is 9.14. The van der Waals surface area contributed by atoms with Gasteiger partial charge in [-0.1, -0.05) is 6.92 Å². The van der Waals surface area contributed by atoms with Gasteiger partial charge in [-0.2, -0.15) is 0 Å². The molecule has 1 aromatic heterocycles. The Morgan fingerprint density at radius 3 is 2.69 bits per heavy atom. The smallest absolute Gasteiger partial charge is 0.250 e. The molecule has 0 spiro atoms. The summed E-state index contributed by atoms with van der Waals surface area (Å²) >= 11 is 1.24. The molecule has 0 atom stereocenters. The molecule has 2 rings (SSSR count). The first-order chi connectivity index (χ1) is 7.51. The Balaban J connectivity index is 2.06. The van der Waals surface area contributed by atoms with E-state index in [1.54, 1.807) is 12.1 Å². The summed E-state index contributed by atoms with van der Waals surface area (Å²) in [5, 5.41) is 0. The maximum Gasteiger partial charge on any atom is 0.250 e. The van der Waals surface area contributed by atoms with Gasteiger partial charge in [-0.25, -0.2) is 13.1 Å². The van der Waals surface area contributed by atoms with Crippen LogP contribution in [0.2, 0.25) is 0 Å². The van der Waals surface area contributed by atoms with Crippen molar-refractivity contribution in [2.24, 2.45) is 11.7 Å². The quantitative estimate of drug-likeness (QED) is 0.856. The Bertz CT molecular complexity index is 461. The monoisotopic (exact) mass is 260 g/mol. The van der Waals surface area contributed by atoms with E-state index in [1.807, 2.05) is 0 Å². The molecule has 0 radical (unpaired) electrons. The first-order valence-electron chi connectivity index (χ1n) is 5.32. The number of hydrogen-bond donors (Lipinski definition) is 2. The van der Waals surface area contributed by atoms with Gasteiger partial charge in [0.15, 0.2) is 0 Å².